The summed E-state index contributed by atoms with van der Waals surface area (Å²) >= 11 is 0. The van der Waals surface area contributed by atoms with Crippen LogP contribution in [-0.2, 0) is 0 Å². The number of benzene rings is 2. The fourth-order valence-electron chi connectivity index (χ4n) is 1.95. The molecule has 1 unspecified atom stereocenters. The van der Waals surface area contributed by atoms with Crippen LogP contribution in [0, 0.1) is 0 Å². The maximum atomic E-state index is 10.5. The lowest BCUT2D eigenvalue weighted by molar-refractivity contribution is 0.209. The van der Waals surface area contributed by atoms with Crippen LogP contribution in [0.5, 0.6) is 11.5 Å². The molecule has 18 heavy (non-hydrogen) atoms. The highest BCUT2D eigenvalue weighted by molar-refractivity contribution is 5.49. The number of methoxy groups -OCH3 is 2. The van der Waals surface area contributed by atoms with Crippen molar-refractivity contribution in [1.29, 1.82) is 0 Å². The fraction of sp³-hybridized carbons (Fsp3) is 0.200. The van der Waals surface area contributed by atoms with Crippen molar-refractivity contribution in [2.24, 2.45) is 0 Å². The molecule has 0 aromatic heterocycles. The molecule has 0 fully saturated rings. The smallest absolute Gasteiger partial charge is 0.128 e. The first-order valence-electron chi connectivity index (χ1n) is 5.71. The Morgan fingerprint density at radius 2 is 1.39 bits per heavy atom. The summed E-state index contributed by atoms with van der Waals surface area (Å²) in [5.74, 6) is 1.23. The SMILES string of the molecule is COc1cccc(OC)c1C(O)c1ccccc1. The second kappa shape index (κ2) is 5.56. The lowest BCUT2D eigenvalue weighted by Gasteiger charge is -2.18. The third kappa shape index (κ3) is 2.31. The van der Waals surface area contributed by atoms with Crippen LogP contribution in [0.15, 0.2) is 48.5 Å². The number of hydrogen-bond donors (Lipinski definition) is 1. The van der Waals surface area contributed by atoms with Gasteiger partial charge in [0.1, 0.15) is 17.6 Å². The Kier molecular flexibility index (Phi) is 3.85. The number of hydrogen-bond acceptors (Lipinski definition) is 3. The molecule has 0 radical (unpaired) electrons. The Bertz CT molecular complexity index is 486. The van der Waals surface area contributed by atoms with Crippen LogP contribution >= 0.6 is 0 Å². The Hall–Kier alpha value is -2.00. The minimum Gasteiger partial charge on any atom is -0.496 e. The molecule has 0 aliphatic heterocycles. The maximum Gasteiger partial charge on any atom is 0.128 e. The van der Waals surface area contributed by atoms with Gasteiger partial charge in [0.25, 0.3) is 0 Å². The molecule has 0 spiro atoms. The molecule has 0 saturated heterocycles. The minimum absolute atomic E-state index is 0.616. The van der Waals surface area contributed by atoms with E-state index >= 15 is 0 Å². The topological polar surface area (TPSA) is 38.7 Å². The van der Waals surface area contributed by atoms with E-state index in [-0.39, 0.29) is 0 Å². The van der Waals surface area contributed by atoms with Gasteiger partial charge in [-0.3, -0.25) is 0 Å². The van der Waals surface area contributed by atoms with Crippen LogP contribution in [0.4, 0.5) is 0 Å². The van der Waals surface area contributed by atoms with E-state index in [1.807, 2.05) is 48.5 Å². The zero-order valence-electron chi connectivity index (χ0n) is 10.5. The van der Waals surface area contributed by atoms with Crippen molar-refractivity contribution in [1.82, 2.24) is 0 Å². The molecule has 3 nitrogen and oxygen atoms in total. The lowest BCUT2D eigenvalue weighted by Crippen LogP contribution is -2.04. The first-order chi connectivity index (χ1) is 8.77. The Balaban J connectivity index is 2.49. The molecule has 94 valence electrons. The van der Waals surface area contributed by atoms with Crippen LogP contribution < -0.4 is 9.47 Å². The Morgan fingerprint density at radius 1 is 0.833 bits per heavy atom. The van der Waals surface area contributed by atoms with E-state index in [0.29, 0.717) is 17.1 Å². The number of ether oxygens (including phenoxy) is 2. The van der Waals surface area contributed by atoms with E-state index in [9.17, 15) is 5.11 Å². The molecule has 3 heteroatoms. The molecular formula is C15H16O3. The van der Waals surface area contributed by atoms with E-state index < -0.39 is 6.10 Å². The summed E-state index contributed by atoms with van der Waals surface area (Å²) in [6, 6.07) is 14.9. The molecular weight excluding hydrogens is 228 g/mol. The van der Waals surface area contributed by atoms with Crippen molar-refractivity contribution in [2.45, 2.75) is 6.10 Å². The molecule has 0 aliphatic rings. The van der Waals surface area contributed by atoms with Crippen molar-refractivity contribution in [3.63, 3.8) is 0 Å². The van der Waals surface area contributed by atoms with Crippen LogP contribution in [0.3, 0.4) is 0 Å². The van der Waals surface area contributed by atoms with Crippen LogP contribution in [0.25, 0.3) is 0 Å². The molecule has 2 aromatic carbocycles. The van der Waals surface area contributed by atoms with Crippen molar-refractivity contribution in [3.05, 3.63) is 59.7 Å². The summed E-state index contributed by atoms with van der Waals surface area (Å²) < 4.78 is 10.6. The van der Waals surface area contributed by atoms with Crippen LogP contribution in [-0.4, -0.2) is 19.3 Å². The zero-order valence-corrected chi connectivity index (χ0v) is 10.5. The van der Waals surface area contributed by atoms with Crippen molar-refractivity contribution < 1.29 is 14.6 Å². The molecule has 1 N–H and O–H groups in total. The highest BCUT2D eigenvalue weighted by Crippen LogP contribution is 2.36. The number of aliphatic hydroxyl groups excluding tert-OH is 1. The second-order valence-electron chi connectivity index (χ2n) is 3.89. The quantitative estimate of drug-likeness (QED) is 0.898. The van der Waals surface area contributed by atoms with E-state index in [2.05, 4.69) is 0 Å². The summed E-state index contributed by atoms with van der Waals surface area (Å²) in [6.45, 7) is 0. The van der Waals surface area contributed by atoms with E-state index in [0.717, 1.165) is 5.56 Å². The molecule has 2 rings (SSSR count). The summed E-state index contributed by atoms with van der Waals surface area (Å²) in [5.41, 5.74) is 1.45. The lowest BCUT2D eigenvalue weighted by atomic mass is 10.00. The molecule has 0 amide bonds. The van der Waals surface area contributed by atoms with Gasteiger partial charge >= 0.3 is 0 Å². The van der Waals surface area contributed by atoms with Gasteiger partial charge in [-0.05, 0) is 17.7 Å². The van der Waals surface area contributed by atoms with E-state index in [4.69, 9.17) is 9.47 Å². The fourth-order valence-corrected chi connectivity index (χ4v) is 1.95. The predicted octanol–water partition coefficient (Wildman–Crippen LogP) is 2.79. The Labute approximate surface area is 107 Å². The molecule has 2 aromatic rings. The van der Waals surface area contributed by atoms with Crippen molar-refractivity contribution in [3.8, 4) is 11.5 Å². The monoisotopic (exact) mass is 244 g/mol. The molecule has 0 aliphatic carbocycles. The van der Waals surface area contributed by atoms with Gasteiger partial charge in [-0.25, -0.2) is 0 Å². The first kappa shape index (κ1) is 12.5. The zero-order chi connectivity index (χ0) is 13.0. The average molecular weight is 244 g/mol. The number of aliphatic hydroxyl groups is 1. The second-order valence-corrected chi connectivity index (χ2v) is 3.89. The van der Waals surface area contributed by atoms with Gasteiger partial charge in [-0.1, -0.05) is 36.4 Å². The average Bonchev–Trinajstić information content (AvgIpc) is 2.46. The Morgan fingerprint density at radius 3 is 1.89 bits per heavy atom. The van der Waals surface area contributed by atoms with Gasteiger partial charge in [-0.15, -0.1) is 0 Å². The van der Waals surface area contributed by atoms with E-state index in [1.165, 1.54) is 0 Å². The van der Waals surface area contributed by atoms with Crippen LogP contribution in [0.2, 0.25) is 0 Å². The minimum atomic E-state index is -0.766. The van der Waals surface area contributed by atoms with E-state index in [1.54, 1.807) is 14.2 Å². The highest BCUT2D eigenvalue weighted by Gasteiger charge is 2.19. The normalized spacial score (nSPS) is 11.9. The third-order valence-electron chi connectivity index (χ3n) is 2.85. The number of rotatable bonds is 4. The molecule has 0 saturated carbocycles. The van der Waals surface area contributed by atoms with Crippen LogP contribution in [0.1, 0.15) is 17.2 Å². The summed E-state index contributed by atoms with van der Waals surface area (Å²) in [6.07, 6.45) is -0.766. The van der Waals surface area contributed by atoms with Gasteiger partial charge in [-0.2, -0.15) is 0 Å². The van der Waals surface area contributed by atoms with Gasteiger partial charge < -0.3 is 14.6 Å². The summed E-state index contributed by atoms with van der Waals surface area (Å²) in [7, 11) is 3.16. The predicted molar refractivity (Wildman–Crippen MR) is 70.0 cm³/mol. The maximum absolute atomic E-state index is 10.5. The third-order valence-corrected chi connectivity index (χ3v) is 2.85. The molecule has 0 bridgehead atoms. The van der Waals surface area contributed by atoms with Crippen molar-refractivity contribution >= 4 is 0 Å². The highest BCUT2D eigenvalue weighted by atomic mass is 16.5. The standard InChI is InChI=1S/C15H16O3/c1-17-12-9-6-10-13(18-2)14(12)15(16)11-7-4-3-5-8-11/h3-10,15-16H,1-2H3. The molecule has 1 atom stereocenters. The van der Waals surface area contributed by atoms with Gasteiger partial charge in [0.2, 0.25) is 0 Å². The summed E-state index contributed by atoms with van der Waals surface area (Å²) in [4.78, 5) is 0. The van der Waals surface area contributed by atoms with Gasteiger partial charge in [0, 0.05) is 0 Å². The van der Waals surface area contributed by atoms with Gasteiger partial charge in [0.15, 0.2) is 0 Å². The largest absolute Gasteiger partial charge is 0.496 e. The first-order valence-corrected chi connectivity index (χ1v) is 5.71. The van der Waals surface area contributed by atoms with Crippen molar-refractivity contribution in [2.75, 3.05) is 14.2 Å². The summed E-state index contributed by atoms with van der Waals surface area (Å²) in [5, 5.41) is 10.5. The van der Waals surface area contributed by atoms with Gasteiger partial charge in [0.05, 0.1) is 19.8 Å². The molecule has 0 heterocycles.